The molecule has 3 heteroatoms. The summed E-state index contributed by atoms with van der Waals surface area (Å²) in [5.74, 6) is 0. The molecule has 0 aliphatic heterocycles. The van der Waals surface area contributed by atoms with E-state index in [1.165, 1.54) is 0 Å². The van der Waals surface area contributed by atoms with Gasteiger partial charge in [0.1, 0.15) is 0 Å². The Labute approximate surface area is 37.1 Å². The Hall–Kier alpha value is -0.120. The highest BCUT2D eigenvalue weighted by molar-refractivity contribution is 4.40. The van der Waals surface area contributed by atoms with Crippen LogP contribution >= 0.6 is 0 Å². The van der Waals surface area contributed by atoms with Crippen LogP contribution in [-0.4, -0.2) is 23.2 Å². The Morgan fingerprint density at radius 1 is 1.83 bits per heavy atom. The minimum atomic E-state index is -0.338. The maximum absolute atomic E-state index is 8.24. The van der Waals surface area contributed by atoms with E-state index in [1.807, 2.05) is 0 Å². The van der Waals surface area contributed by atoms with E-state index >= 15 is 0 Å². The number of hydrogen-bond acceptors (Lipinski definition) is 2. The van der Waals surface area contributed by atoms with Crippen LogP contribution in [0.15, 0.2) is 0 Å². The first kappa shape index (κ1) is 9.30. The molecule has 5 N–H and O–H groups in total. The van der Waals surface area contributed by atoms with E-state index in [4.69, 9.17) is 10.8 Å². The Morgan fingerprint density at radius 3 is 2.00 bits per heavy atom. The summed E-state index contributed by atoms with van der Waals surface area (Å²) in [6.07, 6.45) is -0.338. The van der Waals surface area contributed by atoms with Gasteiger partial charge in [-0.3, -0.25) is 0 Å². The maximum atomic E-state index is 8.24. The smallest absolute Gasteiger partial charge is 0.0634 e. The zero-order valence-electron chi connectivity index (χ0n) is 3.81. The summed E-state index contributed by atoms with van der Waals surface area (Å²) in [5, 5.41) is 8.24. The lowest BCUT2D eigenvalue weighted by atomic mass is 10.4. The van der Waals surface area contributed by atoms with Crippen LogP contribution in [-0.2, 0) is 0 Å². The van der Waals surface area contributed by atoms with E-state index in [0.29, 0.717) is 6.54 Å². The molecule has 1 unspecified atom stereocenters. The zero-order valence-corrected chi connectivity index (χ0v) is 3.81. The van der Waals surface area contributed by atoms with E-state index in [9.17, 15) is 0 Å². The second-order valence-corrected chi connectivity index (χ2v) is 1.08. The van der Waals surface area contributed by atoms with Gasteiger partial charge in [0.15, 0.2) is 0 Å². The van der Waals surface area contributed by atoms with Crippen molar-refractivity contribution in [1.82, 2.24) is 0 Å². The van der Waals surface area contributed by atoms with Gasteiger partial charge >= 0.3 is 0 Å². The van der Waals surface area contributed by atoms with Crippen molar-refractivity contribution in [3.63, 3.8) is 0 Å². The van der Waals surface area contributed by atoms with Gasteiger partial charge in [0.25, 0.3) is 0 Å². The summed E-state index contributed by atoms with van der Waals surface area (Å²) in [7, 11) is 0. The second kappa shape index (κ2) is 4.88. The average molecular weight is 93.1 g/mol. The SMILES string of the molecule is CC(O)CN.O. The van der Waals surface area contributed by atoms with Crippen molar-refractivity contribution in [3.05, 3.63) is 0 Å². The van der Waals surface area contributed by atoms with Gasteiger partial charge in [-0.25, -0.2) is 0 Å². The van der Waals surface area contributed by atoms with Crippen molar-refractivity contribution >= 4 is 0 Å². The largest absolute Gasteiger partial charge is 0.412 e. The molecule has 0 aromatic rings. The molecule has 0 heterocycles. The summed E-state index contributed by atoms with van der Waals surface area (Å²) >= 11 is 0. The number of aliphatic hydroxyl groups excluding tert-OH is 1. The number of aliphatic hydroxyl groups is 1. The monoisotopic (exact) mass is 93.1 g/mol. The third kappa shape index (κ3) is 9.11. The van der Waals surface area contributed by atoms with Gasteiger partial charge < -0.3 is 16.3 Å². The average Bonchev–Trinajstić information content (AvgIpc) is 1.38. The highest BCUT2D eigenvalue weighted by Crippen LogP contribution is 1.65. The van der Waals surface area contributed by atoms with Crippen molar-refractivity contribution in [2.24, 2.45) is 5.73 Å². The Bertz CT molecular complexity index is 22.8. The van der Waals surface area contributed by atoms with Crippen LogP contribution in [0.1, 0.15) is 6.92 Å². The van der Waals surface area contributed by atoms with Gasteiger partial charge in [-0.15, -0.1) is 0 Å². The molecule has 40 valence electrons. The molecule has 0 saturated heterocycles. The second-order valence-electron chi connectivity index (χ2n) is 1.08. The van der Waals surface area contributed by atoms with Crippen molar-refractivity contribution < 1.29 is 10.6 Å². The summed E-state index contributed by atoms with van der Waals surface area (Å²) in [6.45, 7) is 2.01. The Kier molecular flexibility index (Phi) is 7.57. The van der Waals surface area contributed by atoms with Crippen molar-refractivity contribution in [1.29, 1.82) is 0 Å². The van der Waals surface area contributed by atoms with Crippen LogP contribution in [0, 0.1) is 0 Å². The molecular formula is C3H11NO2. The van der Waals surface area contributed by atoms with Crippen LogP contribution in [0.2, 0.25) is 0 Å². The zero-order chi connectivity index (χ0) is 4.28. The minimum Gasteiger partial charge on any atom is -0.412 e. The highest BCUT2D eigenvalue weighted by atomic mass is 16.3. The van der Waals surface area contributed by atoms with Gasteiger partial charge in [0, 0.05) is 6.54 Å². The van der Waals surface area contributed by atoms with Gasteiger partial charge in [-0.2, -0.15) is 0 Å². The van der Waals surface area contributed by atoms with E-state index in [-0.39, 0.29) is 11.6 Å². The molecule has 0 rings (SSSR count). The highest BCUT2D eigenvalue weighted by Gasteiger charge is 1.81. The lowest BCUT2D eigenvalue weighted by molar-refractivity contribution is 0.203. The fourth-order valence-electron chi connectivity index (χ4n) is 0. The standard InChI is InChI=1S/C3H9NO.H2O/c1-3(5)2-4;/h3,5H,2,4H2,1H3;1H2. The first-order valence-corrected chi connectivity index (χ1v) is 1.65. The fourth-order valence-corrected chi connectivity index (χ4v) is 0. The Morgan fingerprint density at radius 2 is 2.00 bits per heavy atom. The third-order valence-corrected chi connectivity index (χ3v) is 0.341. The molecule has 3 nitrogen and oxygen atoms in total. The van der Waals surface area contributed by atoms with E-state index in [0.717, 1.165) is 0 Å². The molecule has 0 aromatic heterocycles. The predicted octanol–water partition coefficient (Wildman–Crippen LogP) is -1.50. The van der Waals surface area contributed by atoms with Crippen LogP contribution in [0.4, 0.5) is 0 Å². The molecule has 0 radical (unpaired) electrons. The van der Waals surface area contributed by atoms with Gasteiger partial charge in [0.2, 0.25) is 0 Å². The first-order valence-electron chi connectivity index (χ1n) is 1.65. The number of rotatable bonds is 1. The maximum Gasteiger partial charge on any atom is 0.0634 e. The Balaban J connectivity index is 0. The molecule has 6 heavy (non-hydrogen) atoms. The van der Waals surface area contributed by atoms with Gasteiger partial charge in [0.05, 0.1) is 6.10 Å². The van der Waals surface area contributed by atoms with Gasteiger partial charge in [-0.05, 0) is 6.92 Å². The topological polar surface area (TPSA) is 77.8 Å². The van der Waals surface area contributed by atoms with Crippen molar-refractivity contribution in [2.45, 2.75) is 13.0 Å². The third-order valence-electron chi connectivity index (χ3n) is 0.341. The summed E-state index contributed by atoms with van der Waals surface area (Å²) in [5.41, 5.74) is 4.92. The molecule has 0 aliphatic carbocycles. The number of nitrogens with two attached hydrogens (primary N) is 1. The summed E-state index contributed by atoms with van der Waals surface area (Å²) in [4.78, 5) is 0. The van der Waals surface area contributed by atoms with Crippen LogP contribution in [0.5, 0.6) is 0 Å². The van der Waals surface area contributed by atoms with Crippen LogP contribution < -0.4 is 5.73 Å². The van der Waals surface area contributed by atoms with E-state index in [1.54, 1.807) is 6.92 Å². The first-order chi connectivity index (χ1) is 2.27. The fraction of sp³-hybridized carbons (Fsp3) is 1.00. The normalized spacial score (nSPS) is 12.5. The molecule has 0 bridgehead atoms. The lowest BCUT2D eigenvalue weighted by Gasteiger charge is -1.91. The molecule has 0 aromatic carbocycles. The van der Waals surface area contributed by atoms with Gasteiger partial charge in [-0.1, -0.05) is 0 Å². The molecule has 0 fully saturated rings. The molecule has 0 amide bonds. The predicted molar refractivity (Wildman–Crippen MR) is 24.3 cm³/mol. The molecule has 0 spiro atoms. The summed E-state index contributed by atoms with van der Waals surface area (Å²) < 4.78 is 0. The molecule has 0 saturated carbocycles. The van der Waals surface area contributed by atoms with E-state index in [2.05, 4.69) is 0 Å². The van der Waals surface area contributed by atoms with Crippen LogP contribution in [0.3, 0.4) is 0 Å². The van der Waals surface area contributed by atoms with Crippen molar-refractivity contribution in [3.8, 4) is 0 Å². The molecule has 1 atom stereocenters. The molecular weight excluding hydrogens is 82.0 g/mol. The number of hydrogen-bond donors (Lipinski definition) is 2. The van der Waals surface area contributed by atoms with Crippen LogP contribution in [0.25, 0.3) is 0 Å². The minimum absolute atomic E-state index is 0. The van der Waals surface area contributed by atoms with Crippen molar-refractivity contribution in [2.75, 3.05) is 6.54 Å². The lowest BCUT2D eigenvalue weighted by Crippen LogP contribution is -2.14. The summed E-state index contributed by atoms with van der Waals surface area (Å²) in [6, 6.07) is 0. The van der Waals surface area contributed by atoms with E-state index < -0.39 is 0 Å². The quantitative estimate of drug-likeness (QED) is 0.414. The molecule has 0 aliphatic rings.